The van der Waals surface area contributed by atoms with Crippen LogP contribution in [0.1, 0.15) is 0 Å². The molecule has 0 spiro atoms. The van der Waals surface area contributed by atoms with Gasteiger partial charge in [0.05, 0.1) is 0 Å². The summed E-state index contributed by atoms with van der Waals surface area (Å²) in [5, 5.41) is 0. The van der Waals surface area contributed by atoms with Gasteiger partial charge in [-0.1, -0.05) is 0 Å². The van der Waals surface area contributed by atoms with Crippen LogP contribution in [0.2, 0.25) is 0 Å². The quantitative estimate of drug-likeness (QED) is 0.277. The Kier molecular flexibility index (Phi) is 107. The molecule has 0 rings (SSSR count). The topological polar surface area (TPSA) is 34.1 Å². The molecular formula is H4O2S4Ti. The van der Waals surface area contributed by atoms with Crippen LogP contribution in [0.15, 0.2) is 0 Å². The zero-order chi connectivity index (χ0) is 6.71. The fraction of sp³-hybridized carbons (Fsp3) is 0. The molecule has 0 aliphatic carbocycles. The first-order valence-corrected chi connectivity index (χ1v) is 5.28. The fourth-order valence-corrected chi connectivity index (χ4v) is 0. The molecule has 0 aliphatic heterocycles. The molecule has 0 aromatic heterocycles. The van der Waals surface area contributed by atoms with Crippen LogP contribution < -0.4 is 0 Å². The van der Waals surface area contributed by atoms with Gasteiger partial charge < -0.3 is 0 Å². The van der Waals surface area contributed by atoms with Crippen LogP contribution in [-0.2, 0) is 25.7 Å². The summed E-state index contributed by atoms with van der Waals surface area (Å²) < 4.78 is 17.0. The van der Waals surface area contributed by atoms with E-state index in [2.05, 4.69) is 46.6 Å². The van der Waals surface area contributed by atoms with E-state index in [9.17, 15) is 0 Å². The van der Waals surface area contributed by atoms with Crippen molar-refractivity contribution in [3.05, 3.63) is 0 Å². The number of hydrogen-bond acceptors (Lipinski definition) is 6. The molecule has 0 bridgehead atoms. The van der Waals surface area contributed by atoms with E-state index in [4.69, 9.17) is 6.65 Å². The van der Waals surface area contributed by atoms with Gasteiger partial charge >= 0.3 is 25.7 Å². The molecule has 0 saturated carbocycles. The molecule has 0 aromatic rings. The van der Waals surface area contributed by atoms with Crippen molar-refractivity contribution >= 4 is 46.6 Å². The minimum absolute atomic E-state index is 2.00. The second kappa shape index (κ2) is 47.2. The average Bonchev–Trinajstić information content (AvgIpc) is 1.78. The summed E-state index contributed by atoms with van der Waals surface area (Å²) in [5.41, 5.74) is 0. The molecule has 0 N–H and O–H groups in total. The molecule has 0 aliphatic rings. The normalized spacial score (nSPS) is 2.86. The Balaban J connectivity index is -0.0000000360. The minimum atomic E-state index is -2.00. The Morgan fingerprint density at radius 1 is 0.857 bits per heavy atom. The molecule has 7 heteroatoms. The van der Waals surface area contributed by atoms with Gasteiger partial charge in [-0.05, 0) is 0 Å². The first-order valence-electron chi connectivity index (χ1n) is 0.808. The molecule has 0 fully saturated rings. The van der Waals surface area contributed by atoms with E-state index >= 15 is 0 Å². The fourth-order valence-electron chi connectivity index (χ4n) is 0. The van der Waals surface area contributed by atoms with Crippen molar-refractivity contribution in [3.8, 4) is 0 Å². The van der Waals surface area contributed by atoms with Gasteiger partial charge in [-0.3, -0.25) is 0 Å². The van der Waals surface area contributed by atoms with Gasteiger partial charge in [0.1, 0.15) is 0 Å². The van der Waals surface area contributed by atoms with Crippen LogP contribution in [-0.4, -0.2) is 0 Å². The molecule has 0 saturated heterocycles. The first-order chi connectivity index (χ1) is 3.41. The van der Waals surface area contributed by atoms with Gasteiger partial charge in [-0.2, -0.15) is 0 Å². The predicted molar refractivity (Wildman–Crippen MR) is 37.3 cm³/mol. The molecular weight excluding hydrogens is 208 g/mol. The third-order valence-electron chi connectivity index (χ3n) is 0. The SMILES string of the molecule is SS.SS.[O]=[Ti]=[O]. The summed E-state index contributed by atoms with van der Waals surface area (Å²) in [6, 6.07) is 0. The molecule has 0 atom stereocenters. The van der Waals surface area contributed by atoms with Crippen molar-refractivity contribution in [3.63, 3.8) is 0 Å². The van der Waals surface area contributed by atoms with Crippen molar-refractivity contribution < 1.29 is 25.7 Å². The summed E-state index contributed by atoms with van der Waals surface area (Å²) in [4.78, 5) is 0. The average molecular weight is 212 g/mol. The molecule has 7 heavy (non-hydrogen) atoms. The van der Waals surface area contributed by atoms with Gasteiger partial charge in [0.25, 0.3) is 0 Å². The third-order valence-corrected chi connectivity index (χ3v) is 0. The van der Waals surface area contributed by atoms with Gasteiger partial charge in [0.2, 0.25) is 0 Å². The van der Waals surface area contributed by atoms with Crippen LogP contribution in [0.25, 0.3) is 0 Å². The molecule has 0 radical (unpaired) electrons. The standard InChI is InChI=1S/2O.2H2S2.Ti/c;;2*1-2;/h;;2*1-2H;. The Bertz CT molecular complexity index is 30.7. The number of thiol groups is 4. The second-order valence-corrected chi connectivity index (χ2v) is 0.344. The van der Waals surface area contributed by atoms with Crippen molar-refractivity contribution in [1.29, 1.82) is 0 Å². The van der Waals surface area contributed by atoms with Gasteiger partial charge in [-0.25, -0.2) is 0 Å². The summed E-state index contributed by atoms with van der Waals surface area (Å²) in [5.74, 6) is 0. The van der Waals surface area contributed by atoms with E-state index < -0.39 is 19.1 Å². The maximum atomic E-state index is 8.50. The predicted octanol–water partition coefficient (Wildman–Crippen LogP) is 1.28. The number of rotatable bonds is 0. The van der Waals surface area contributed by atoms with Crippen LogP contribution >= 0.6 is 46.6 Å². The van der Waals surface area contributed by atoms with Gasteiger partial charge in [0.15, 0.2) is 0 Å². The zero-order valence-corrected chi connectivity index (χ0v) is 8.24. The van der Waals surface area contributed by atoms with Crippen LogP contribution in [0.5, 0.6) is 0 Å². The Hall–Kier alpha value is 1.71. The van der Waals surface area contributed by atoms with Crippen molar-refractivity contribution in [2.75, 3.05) is 0 Å². The Labute approximate surface area is 71.8 Å². The van der Waals surface area contributed by atoms with E-state index in [0.29, 0.717) is 0 Å². The molecule has 0 aromatic carbocycles. The number of hydrogen-bond donors (Lipinski definition) is 4. The maximum absolute atomic E-state index is 8.50. The summed E-state index contributed by atoms with van der Waals surface area (Å²) in [6.07, 6.45) is 0. The van der Waals surface area contributed by atoms with Crippen LogP contribution in [0.3, 0.4) is 0 Å². The zero-order valence-electron chi connectivity index (χ0n) is 3.11. The second-order valence-electron chi connectivity index (χ2n) is 0.0833. The van der Waals surface area contributed by atoms with Crippen molar-refractivity contribution in [2.24, 2.45) is 0 Å². The Morgan fingerprint density at radius 2 is 0.857 bits per heavy atom. The van der Waals surface area contributed by atoms with E-state index in [-0.39, 0.29) is 0 Å². The molecule has 0 heterocycles. The van der Waals surface area contributed by atoms with Crippen LogP contribution in [0.4, 0.5) is 0 Å². The molecule has 2 nitrogen and oxygen atoms in total. The van der Waals surface area contributed by atoms with E-state index in [1.807, 2.05) is 0 Å². The van der Waals surface area contributed by atoms with Gasteiger partial charge in [-0.15, -0.1) is 46.6 Å². The summed E-state index contributed by atoms with van der Waals surface area (Å²) in [6.45, 7) is 0. The summed E-state index contributed by atoms with van der Waals surface area (Å²) in [7, 11) is 0. The van der Waals surface area contributed by atoms with E-state index in [1.165, 1.54) is 0 Å². The summed E-state index contributed by atoms with van der Waals surface area (Å²) >= 11 is 10.9. The van der Waals surface area contributed by atoms with Crippen LogP contribution in [0, 0.1) is 0 Å². The van der Waals surface area contributed by atoms with E-state index in [0.717, 1.165) is 0 Å². The first kappa shape index (κ1) is 15.9. The van der Waals surface area contributed by atoms with Gasteiger partial charge in [0, 0.05) is 0 Å². The molecule has 0 unspecified atom stereocenters. The van der Waals surface area contributed by atoms with Crippen molar-refractivity contribution in [2.45, 2.75) is 0 Å². The molecule has 44 valence electrons. The Morgan fingerprint density at radius 3 is 0.857 bits per heavy atom. The monoisotopic (exact) mass is 212 g/mol. The van der Waals surface area contributed by atoms with E-state index in [1.54, 1.807) is 0 Å². The molecule has 0 amide bonds. The van der Waals surface area contributed by atoms with Crippen molar-refractivity contribution in [1.82, 2.24) is 0 Å². The third kappa shape index (κ3) is 85.7.